The number of hydrogen-bond acceptors (Lipinski definition) is 1. The minimum atomic E-state index is -0.347. The molecule has 92 valence electrons. The molecule has 0 spiro atoms. The van der Waals surface area contributed by atoms with Crippen molar-refractivity contribution in [3.8, 4) is 0 Å². The van der Waals surface area contributed by atoms with E-state index in [2.05, 4.69) is 28.2 Å². The first-order valence-corrected chi connectivity index (χ1v) is 6.57. The molecule has 0 saturated heterocycles. The Labute approximate surface area is 109 Å². The van der Waals surface area contributed by atoms with Gasteiger partial charge in [-0.2, -0.15) is 0 Å². The molecule has 1 aliphatic carbocycles. The fourth-order valence-electron chi connectivity index (χ4n) is 2.30. The summed E-state index contributed by atoms with van der Waals surface area (Å²) >= 11 is 3.21. The molecule has 0 unspecified atom stereocenters. The SMILES string of the molecule is CC1(NC(=O)c2ccc(F)cc2Br)CCCC1. The number of amides is 1. The van der Waals surface area contributed by atoms with Crippen molar-refractivity contribution in [2.45, 2.75) is 38.1 Å². The summed E-state index contributed by atoms with van der Waals surface area (Å²) in [6.07, 6.45) is 4.33. The third-order valence-corrected chi connectivity index (χ3v) is 3.95. The lowest BCUT2D eigenvalue weighted by atomic mass is 10.00. The summed E-state index contributed by atoms with van der Waals surface area (Å²) in [7, 11) is 0. The van der Waals surface area contributed by atoms with Crippen molar-refractivity contribution in [3.63, 3.8) is 0 Å². The highest BCUT2D eigenvalue weighted by Gasteiger charge is 2.30. The Hall–Kier alpha value is -0.900. The van der Waals surface area contributed by atoms with E-state index in [0.717, 1.165) is 25.7 Å². The number of carbonyl (C=O) groups excluding carboxylic acids is 1. The van der Waals surface area contributed by atoms with Crippen LogP contribution in [0, 0.1) is 5.82 Å². The number of hydrogen-bond donors (Lipinski definition) is 1. The van der Waals surface area contributed by atoms with Crippen molar-refractivity contribution < 1.29 is 9.18 Å². The lowest BCUT2D eigenvalue weighted by Crippen LogP contribution is -2.43. The van der Waals surface area contributed by atoms with Crippen LogP contribution in [-0.4, -0.2) is 11.4 Å². The van der Waals surface area contributed by atoms with Gasteiger partial charge < -0.3 is 5.32 Å². The minimum Gasteiger partial charge on any atom is -0.347 e. The largest absolute Gasteiger partial charge is 0.347 e. The van der Waals surface area contributed by atoms with Gasteiger partial charge in [-0.05, 0) is 53.9 Å². The second kappa shape index (κ2) is 4.77. The van der Waals surface area contributed by atoms with E-state index < -0.39 is 0 Å². The molecule has 4 heteroatoms. The molecule has 2 rings (SSSR count). The molecule has 1 fully saturated rings. The summed E-state index contributed by atoms with van der Waals surface area (Å²) in [5.74, 6) is -0.484. The number of rotatable bonds is 2. The van der Waals surface area contributed by atoms with Gasteiger partial charge in [-0.3, -0.25) is 4.79 Å². The monoisotopic (exact) mass is 299 g/mol. The summed E-state index contributed by atoms with van der Waals surface area (Å²) in [6.45, 7) is 2.06. The highest BCUT2D eigenvalue weighted by molar-refractivity contribution is 9.10. The highest BCUT2D eigenvalue weighted by Crippen LogP contribution is 2.29. The van der Waals surface area contributed by atoms with Gasteiger partial charge in [-0.1, -0.05) is 12.8 Å². The highest BCUT2D eigenvalue weighted by atomic mass is 79.9. The molecule has 0 aliphatic heterocycles. The van der Waals surface area contributed by atoms with Crippen molar-refractivity contribution in [1.29, 1.82) is 0 Å². The summed E-state index contributed by atoms with van der Waals surface area (Å²) in [6, 6.07) is 4.12. The predicted octanol–water partition coefficient (Wildman–Crippen LogP) is 3.65. The standard InChI is InChI=1S/C13H15BrFNO/c1-13(6-2-3-7-13)16-12(17)10-5-4-9(15)8-11(10)14/h4-5,8H,2-3,6-7H2,1H3,(H,16,17). The van der Waals surface area contributed by atoms with Crippen molar-refractivity contribution in [1.82, 2.24) is 5.32 Å². The molecule has 17 heavy (non-hydrogen) atoms. The number of carbonyl (C=O) groups is 1. The normalized spacial score (nSPS) is 18.1. The zero-order valence-corrected chi connectivity index (χ0v) is 11.3. The van der Waals surface area contributed by atoms with Gasteiger partial charge in [0, 0.05) is 10.0 Å². The Balaban J connectivity index is 2.14. The van der Waals surface area contributed by atoms with Crippen LogP contribution in [0.1, 0.15) is 43.0 Å². The van der Waals surface area contributed by atoms with Gasteiger partial charge in [0.05, 0.1) is 5.56 Å². The predicted molar refractivity (Wildman–Crippen MR) is 68.4 cm³/mol. The van der Waals surface area contributed by atoms with E-state index in [-0.39, 0.29) is 17.3 Å². The van der Waals surface area contributed by atoms with Gasteiger partial charge >= 0.3 is 0 Å². The second-order valence-electron chi connectivity index (χ2n) is 4.85. The first-order valence-electron chi connectivity index (χ1n) is 5.78. The van der Waals surface area contributed by atoms with Crippen LogP contribution in [0.25, 0.3) is 0 Å². The quantitative estimate of drug-likeness (QED) is 0.887. The molecule has 1 saturated carbocycles. The summed E-state index contributed by atoms with van der Waals surface area (Å²) in [5.41, 5.74) is 0.379. The molecule has 1 aliphatic rings. The van der Waals surface area contributed by atoms with Crippen LogP contribution in [0.5, 0.6) is 0 Å². The molecular weight excluding hydrogens is 285 g/mol. The second-order valence-corrected chi connectivity index (χ2v) is 5.70. The van der Waals surface area contributed by atoms with E-state index in [1.54, 1.807) is 0 Å². The van der Waals surface area contributed by atoms with Crippen LogP contribution in [0.2, 0.25) is 0 Å². The smallest absolute Gasteiger partial charge is 0.252 e. The van der Waals surface area contributed by atoms with E-state index in [4.69, 9.17) is 0 Å². The Morgan fingerprint density at radius 3 is 2.65 bits per heavy atom. The van der Waals surface area contributed by atoms with E-state index in [1.165, 1.54) is 18.2 Å². The Morgan fingerprint density at radius 2 is 2.06 bits per heavy atom. The average Bonchev–Trinajstić information content (AvgIpc) is 2.64. The Kier molecular flexibility index (Phi) is 3.52. The number of halogens is 2. The van der Waals surface area contributed by atoms with E-state index >= 15 is 0 Å². The van der Waals surface area contributed by atoms with Gasteiger partial charge in [0.1, 0.15) is 5.82 Å². The minimum absolute atomic E-state index is 0.106. The molecule has 1 N–H and O–H groups in total. The molecule has 1 aromatic carbocycles. The van der Waals surface area contributed by atoms with Crippen LogP contribution in [0.15, 0.2) is 22.7 Å². The average molecular weight is 300 g/mol. The molecule has 0 aromatic heterocycles. The lowest BCUT2D eigenvalue weighted by Gasteiger charge is -2.25. The molecule has 0 heterocycles. The van der Waals surface area contributed by atoms with E-state index in [9.17, 15) is 9.18 Å². The molecule has 2 nitrogen and oxygen atoms in total. The Bertz CT molecular complexity index is 441. The summed E-state index contributed by atoms with van der Waals surface area (Å²) < 4.78 is 13.4. The van der Waals surface area contributed by atoms with Crippen LogP contribution in [-0.2, 0) is 0 Å². The zero-order chi connectivity index (χ0) is 12.5. The van der Waals surface area contributed by atoms with Crippen molar-refractivity contribution >= 4 is 21.8 Å². The molecule has 1 aromatic rings. The van der Waals surface area contributed by atoms with Gasteiger partial charge in [-0.15, -0.1) is 0 Å². The van der Waals surface area contributed by atoms with Gasteiger partial charge in [0.2, 0.25) is 0 Å². The third kappa shape index (κ3) is 2.86. The molecule has 1 amide bonds. The molecular formula is C13H15BrFNO. The van der Waals surface area contributed by atoms with E-state index in [0.29, 0.717) is 10.0 Å². The molecule has 0 bridgehead atoms. The van der Waals surface area contributed by atoms with Crippen LogP contribution >= 0.6 is 15.9 Å². The maximum Gasteiger partial charge on any atom is 0.252 e. The van der Waals surface area contributed by atoms with Gasteiger partial charge in [-0.25, -0.2) is 4.39 Å². The van der Waals surface area contributed by atoms with Crippen LogP contribution < -0.4 is 5.32 Å². The topological polar surface area (TPSA) is 29.1 Å². The van der Waals surface area contributed by atoms with Crippen LogP contribution in [0.4, 0.5) is 4.39 Å². The Morgan fingerprint density at radius 1 is 1.41 bits per heavy atom. The van der Waals surface area contributed by atoms with Crippen molar-refractivity contribution in [2.24, 2.45) is 0 Å². The number of nitrogens with one attached hydrogen (secondary N) is 1. The van der Waals surface area contributed by atoms with Gasteiger partial charge in [0.25, 0.3) is 5.91 Å². The number of benzene rings is 1. The zero-order valence-electron chi connectivity index (χ0n) is 9.72. The maximum atomic E-state index is 12.9. The van der Waals surface area contributed by atoms with Crippen molar-refractivity contribution in [2.75, 3.05) is 0 Å². The fraction of sp³-hybridized carbons (Fsp3) is 0.462. The first kappa shape index (κ1) is 12.6. The molecule has 0 atom stereocenters. The van der Waals surface area contributed by atoms with E-state index in [1.807, 2.05) is 0 Å². The van der Waals surface area contributed by atoms with Gasteiger partial charge in [0.15, 0.2) is 0 Å². The fourth-order valence-corrected chi connectivity index (χ4v) is 2.83. The lowest BCUT2D eigenvalue weighted by molar-refractivity contribution is 0.0907. The summed E-state index contributed by atoms with van der Waals surface area (Å²) in [4.78, 5) is 12.1. The maximum absolute atomic E-state index is 12.9. The third-order valence-electron chi connectivity index (χ3n) is 3.30. The summed E-state index contributed by atoms with van der Waals surface area (Å²) in [5, 5.41) is 3.04. The van der Waals surface area contributed by atoms with Crippen molar-refractivity contribution in [3.05, 3.63) is 34.1 Å². The molecule has 0 radical (unpaired) electrons. The first-order chi connectivity index (χ1) is 8.00. The van der Waals surface area contributed by atoms with Crippen LogP contribution in [0.3, 0.4) is 0 Å².